The number of aliphatic hydroxyl groups is 8. The van der Waals surface area contributed by atoms with Gasteiger partial charge in [-0.3, -0.25) is 4.79 Å². The SMILES string of the molecule is CCCCCCCCCCCCCC[C@@H](O)[C@@H](O)[C@H](CO[C@H]1OC(CO)[C@H](O)C(O)[C@@H]1O)NC(=O)CCCCCCCC[C@@H](O)[C@H](O)c1ccc(C)c(F)c1. The second-order valence-electron chi connectivity index (χ2n) is 15.6. The smallest absolute Gasteiger partial charge is 0.220 e. The molecule has 1 aliphatic rings. The van der Waals surface area contributed by atoms with Crippen LogP contribution in [-0.4, -0.2) is 115 Å². The van der Waals surface area contributed by atoms with Crippen molar-refractivity contribution in [2.45, 2.75) is 210 Å². The van der Waals surface area contributed by atoms with Gasteiger partial charge in [0, 0.05) is 6.42 Å². The summed E-state index contributed by atoms with van der Waals surface area (Å²) in [5.74, 6) is -0.781. The molecule has 1 amide bonds. The summed E-state index contributed by atoms with van der Waals surface area (Å²) < 4.78 is 24.9. The lowest BCUT2D eigenvalue weighted by Gasteiger charge is -2.40. The molecule has 1 heterocycles. The number of ether oxygens (including phenoxy) is 2. The highest BCUT2D eigenvalue weighted by Crippen LogP contribution is 2.25. The predicted octanol–water partition coefficient (Wildman–Crippen LogP) is 4.76. The topological polar surface area (TPSA) is 209 Å². The maximum Gasteiger partial charge on any atom is 0.220 e. The third kappa shape index (κ3) is 19.0. The van der Waals surface area contributed by atoms with Crippen LogP contribution in [-0.2, 0) is 14.3 Å². The summed E-state index contributed by atoms with van der Waals surface area (Å²) in [6.45, 7) is 2.85. The van der Waals surface area contributed by atoms with Crippen LogP contribution < -0.4 is 5.32 Å². The van der Waals surface area contributed by atoms with Crippen molar-refractivity contribution in [3.8, 4) is 0 Å². The number of hydrogen-bond acceptors (Lipinski definition) is 11. The summed E-state index contributed by atoms with van der Waals surface area (Å²) in [5.41, 5.74) is 0.818. The average molecular weight is 788 g/mol. The minimum absolute atomic E-state index is 0.163. The molecule has 320 valence electrons. The van der Waals surface area contributed by atoms with Crippen molar-refractivity contribution in [2.75, 3.05) is 13.2 Å². The fourth-order valence-corrected chi connectivity index (χ4v) is 7.06. The van der Waals surface area contributed by atoms with E-state index in [0.717, 1.165) is 44.9 Å². The summed E-state index contributed by atoms with van der Waals surface area (Å²) in [6.07, 6.45) is 7.20. The summed E-state index contributed by atoms with van der Waals surface area (Å²) in [6, 6.07) is 3.37. The number of hydrogen-bond donors (Lipinski definition) is 9. The molecule has 2 unspecified atom stereocenters. The molecule has 0 aliphatic carbocycles. The molecule has 10 atom stereocenters. The Kier molecular flexibility index (Phi) is 25.7. The van der Waals surface area contributed by atoms with E-state index in [4.69, 9.17) is 9.47 Å². The fourth-order valence-electron chi connectivity index (χ4n) is 7.06. The van der Waals surface area contributed by atoms with E-state index in [1.165, 1.54) is 57.4 Å². The summed E-state index contributed by atoms with van der Waals surface area (Å²) in [4.78, 5) is 13.0. The van der Waals surface area contributed by atoms with Gasteiger partial charge < -0.3 is 55.6 Å². The molecule has 2 rings (SSSR count). The van der Waals surface area contributed by atoms with E-state index in [1.54, 1.807) is 19.1 Å². The van der Waals surface area contributed by atoms with E-state index in [0.29, 0.717) is 43.2 Å². The van der Waals surface area contributed by atoms with Crippen LogP contribution in [0.4, 0.5) is 4.39 Å². The molecule has 1 aromatic rings. The number of amides is 1. The Bertz CT molecular complexity index is 1150. The minimum Gasteiger partial charge on any atom is -0.394 e. The fraction of sp³-hybridized carbons (Fsp3) is 0.833. The first-order valence-corrected chi connectivity index (χ1v) is 21.1. The molecule has 0 radical (unpaired) electrons. The van der Waals surface area contributed by atoms with E-state index in [2.05, 4.69) is 12.2 Å². The Balaban J connectivity index is 1.76. The summed E-state index contributed by atoms with van der Waals surface area (Å²) in [7, 11) is 0. The number of rotatable bonds is 31. The second-order valence-corrected chi connectivity index (χ2v) is 15.6. The standard InChI is InChI=1S/C42H74FNO11/c1-3-4-5-6-7-8-9-10-11-12-15-19-22-34(47)38(50)32(28-54-42-41(53)40(52)39(51)35(27-45)55-42)44-36(48)23-20-17-14-13-16-18-21-33(46)37(49)30-25-24-29(2)31(43)26-30/h24-26,32-35,37-42,45-47,49-53H,3-23,27-28H2,1-2H3,(H,44,48)/t32-,33+,34+,35?,37+,38-,39-,40?,41-,42-/m0/s1. The first-order valence-electron chi connectivity index (χ1n) is 21.1. The normalized spacial score (nSPS) is 22.9. The quantitative estimate of drug-likeness (QED) is 0.0469. The summed E-state index contributed by atoms with van der Waals surface area (Å²) in [5, 5.41) is 85.6. The van der Waals surface area contributed by atoms with Crippen LogP contribution in [0.5, 0.6) is 0 Å². The largest absolute Gasteiger partial charge is 0.394 e. The van der Waals surface area contributed by atoms with Crippen molar-refractivity contribution in [1.29, 1.82) is 0 Å². The Morgan fingerprint density at radius 1 is 0.764 bits per heavy atom. The van der Waals surface area contributed by atoms with Crippen molar-refractivity contribution >= 4 is 5.91 Å². The van der Waals surface area contributed by atoms with Gasteiger partial charge in [0.05, 0.1) is 31.5 Å². The van der Waals surface area contributed by atoms with Crippen molar-refractivity contribution in [3.63, 3.8) is 0 Å². The molecule has 1 aromatic carbocycles. The van der Waals surface area contributed by atoms with E-state index in [9.17, 15) is 50.0 Å². The first kappa shape index (κ1) is 49.4. The van der Waals surface area contributed by atoms with Gasteiger partial charge in [0.1, 0.15) is 42.4 Å². The van der Waals surface area contributed by atoms with Crippen molar-refractivity contribution in [1.82, 2.24) is 5.32 Å². The van der Waals surface area contributed by atoms with Crippen molar-refractivity contribution in [3.05, 3.63) is 35.1 Å². The van der Waals surface area contributed by atoms with Crippen molar-refractivity contribution < 1.29 is 59.5 Å². The number of nitrogens with one attached hydrogen (secondary N) is 1. The van der Waals surface area contributed by atoms with Gasteiger partial charge in [0.15, 0.2) is 6.29 Å². The number of carbonyl (C=O) groups excluding carboxylic acids is 1. The van der Waals surface area contributed by atoms with E-state index in [1.807, 2.05) is 0 Å². The monoisotopic (exact) mass is 788 g/mol. The number of unbranched alkanes of at least 4 members (excludes halogenated alkanes) is 16. The number of halogens is 1. The van der Waals surface area contributed by atoms with Gasteiger partial charge in [-0.25, -0.2) is 4.39 Å². The molecular weight excluding hydrogens is 713 g/mol. The zero-order valence-corrected chi connectivity index (χ0v) is 33.4. The van der Waals surface area contributed by atoms with Gasteiger partial charge in [-0.1, -0.05) is 128 Å². The van der Waals surface area contributed by atoms with Gasteiger partial charge >= 0.3 is 0 Å². The molecule has 13 heteroatoms. The third-order valence-corrected chi connectivity index (χ3v) is 10.9. The molecule has 1 saturated heterocycles. The zero-order valence-electron chi connectivity index (χ0n) is 33.4. The molecule has 0 spiro atoms. The highest BCUT2D eigenvalue weighted by atomic mass is 19.1. The highest BCUT2D eigenvalue weighted by Gasteiger charge is 2.44. The lowest BCUT2D eigenvalue weighted by molar-refractivity contribution is -0.303. The highest BCUT2D eigenvalue weighted by molar-refractivity contribution is 5.76. The number of benzene rings is 1. The van der Waals surface area contributed by atoms with Crippen LogP contribution >= 0.6 is 0 Å². The minimum atomic E-state index is -1.65. The Hall–Kier alpha value is -1.78. The molecule has 0 saturated carbocycles. The molecule has 0 bridgehead atoms. The maximum atomic E-state index is 13.8. The van der Waals surface area contributed by atoms with Gasteiger partial charge in [-0.15, -0.1) is 0 Å². The van der Waals surface area contributed by atoms with E-state index >= 15 is 0 Å². The van der Waals surface area contributed by atoms with Crippen LogP contribution in [0.1, 0.15) is 159 Å². The van der Waals surface area contributed by atoms with Crippen LogP contribution in [0.15, 0.2) is 18.2 Å². The van der Waals surface area contributed by atoms with Crippen molar-refractivity contribution in [2.24, 2.45) is 0 Å². The molecular formula is C42H74FNO11. The van der Waals surface area contributed by atoms with E-state index < -0.39 is 73.6 Å². The van der Waals surface area contributed by atoms with Crippen LogP contribution in [0.25, 0.3) is 0 Å². The predicted molar refractivity (Wildman–Crippen MR) is 208 cm³/mol. The molecule has 9 N–H and O–H groups in total. The number of carbonyl (C=O) groups is 1. The Labute approximate surface area is 328 Å². The molecule has 1 fully saturated rings. The van der Waals surface area contributed by atoms with Crippen LogP contribution in [0, 0.1) is 12.7 Å². The van der Waals surface area contributed by atoms with Gasteiger partial charge in [-0.2, -0.15) is 0 Å². The molecule has 12 nitrogen and oxygen atoms in total. The number of aryl methyl sites for hydroxylation is 1. The third-order valence-electron chi connectivity index (χ3n) is 10.9. The van der Waals surface area contributed by atoms with Gasteiger partial charge in [0.2, 0.25) is 5.91 Å². The maximum absolute atomic E-state index is 13.8. The second kappa shape index (κ2) is 28.6. The van der Waals surface area contributed by atoms with Crippen LogP contribution in [0.2, 0.25) is 0 Å². The van der Waals surface area contributed by atoms with E-state index in [-0.39, 0.29) is 18.9 Å². The van der Waals surface area contributed by atoms with Gasteiger partial charge in [-0.05, 0) is 43.4 Å². The zero-order chi connectivity index (χ0) is 40.6. The molecule has 1 aliphatic heterocycles. The van der Waals surface area contributed by atoms with Gasteiger partial charge in [0.25, 0.3) is 0 Å². The summed E-state index contributed by atoms with van der Waals surface area (Å²) >= 11 is 0. The average Bonchev–Trinajstić information content (AvgIpc) is 3.17. The Morgan fingerprint density at radius 3 is 1.84 bits per heavy atom. The lowest BCUT2D eigenvalue weighted by atomic mass is 9.98. The molecule has 0 aromatic heterocycles. The van der Waals surface area contributed by atoms with Crippen LogP contribution in [0.3, 0.4) is 0 Å². The lowest BCUT2D eigenvalue weighted by Crippen LogP contribution is -2.60. The first-order chi connectivity index (χ1) is 26.4. The molecule has 55 heavy (non-hydrogen) atoms. The Morgan fingerprint density at radius 2 is 1.29 bits per heavy atom. The number of aliphatic hydroxyl groups excluding tert-OH is 8.